The number of likely N-dealkylation sites (tertiary alicyclic amines) is 1. The molecule has 1 rings (SSSR count). The van der Waals surface area contributed by atoms with E-state index in [4.69, 9.17) is 0 Å². The van der Waals surface area contributed by atoms with Gasteiger partial charge in [-0.25, -0.2) is 0 Å². The first-order chi connectivity index (χ1) is 6.59. The molecule has 14 heavy (non-hydrogen) atoms. The van der Waals surface area contributed by atoms with Gasteiger partial charge in [0.2, 0.25) is 0 Å². The SMILES string of the molecule is C=C(C)CNC(C)C1CCN(C)CC1. The smallest absolute Gasteiger partial charge is 0.0161 e. The Morgan fingerprint density at radius 3 is 2.57 bits per heavy atom. The maximum Gasteiger partial charge on any atom is 0.0161 e. The summed E-state index contributed by atoms with van der Waals surface area (Å²) < 4.78 is 0. The van der Waals surface area contributed by atoms with Gasteiger partial charge in [-0.2, -0.15) is 0 Å². The number of nitrogens with zero attached hydrogens (tertiary/aromatic N) is 1. The summed E-state index contributed by atoms with van der Waals surface area (Å²) in [6.07, 6.45) is 2.67. The average molecular weight is 196 g/mol. The molecule has 1 N–H and O–H groups in total. The summed E-state index contributed by atoms with van der Waals surface area (Å²) in [5.41, 5.74) is 1.23. The zero-order valence-electron chi connectivity index (χ0n) is 9.84. The fraction of sp³-hybridized carbons (Fsp3) is 0.833. The van der Waals surface area contributed by atoms with Crippen LogP contribution in [0.2, 0.25) is 0 Å². The molecule has 1 fully saturated rings. The molecule has 1 aliphatic heterocycles. The third kappa shape index (κ3) is 3.81. The van der Waals surface area contributed by atoms with E-state index in [0.717, 1.165) is 12.5 Å². The second-order valence-corrected chi connectivity index (χ2v) is 4.77. The first kappa shape index (κ1) is 11.7. The van der Waals surface area contributed by atoms with E-state index >= 15 is 0 Å². The molecule has 0 saturated carbocycles. The molecule has 2 nitrogen and oxygen atoms in total. The van der Waals surface area contributed by atoms with E-state index in [0.29, 0.717) is 6.04 Å². The van der Waals surface area contributed by atoms with Crippen molar-refractivity contribution in [3.8, 4) is 0 Å². The van der Waals surface area contributed by atoms with Gasteiger partial charge in [-0.15, -0.1) is 0 Å². The van der Waals surface area contributed by atoms with Crippen molar-refractivity contribution >= 4 is 0 Å². The summed E-state index contributed by atoms with van der Waals surface area (Å²) in [4.78, 5) is 2.42. The standard InChI is InChI=1S/C12H24N2/c1-10(2)9-13-11(3)12-5-7-14(4)8-6-12/h11-13H,1,5-9H2,2-4H3. The first-order valence-electron chi connectivity index (χ1n) is 5.66. The molecule has 82 valence electrons. The van der Waals surface area contributed by atoms with Crippen LogP contribution in [0.4, 0.5) is 0 Å². The predicted octanol–water partition coefficient (Wildman–Crippen LogP) is 1.88. The molecular weight excluding hydrogens is 172 g/mol. The van der Waals surface area contributed by atoms with Gasteiger partial charge < -0.3 is 10.2 Å². The van der Waals surface area contributed by atoms with E-state index in [1.807, 2.05) is 0 Å². The van der Waals surface area contributed by atoms with Crippen molar-refractivity contribution in [2.75, 3.05) is 26.7 Å². The molecular formula is C12H24N2. The largest absolute Gasteiger partial charge is 0.310 e. The van der Waals surface area contributed by atoms with E-state index in [2.05, 4.69) is 37.7 Å². The molecule has 0 amide bonds. The lowest BCUT2D eigenvalue weighted by Crippen LogP contribution is -2.41. The molecule has 2 heteroatoms. The highest BCUT2D eigenvalue weighted by atomic mass is 15.1. The van der Waals surface area contributed by atoms with Crippen LogP contribution in [0.5, 0.6) is 0 Å². The maximum absolute atomic E-state index is 3.91. The number of hydrogen-bond acceptors (Lipinski definition) is 2. The van der Waals surface area contributed by atoms with Crippen molar-refractivity contribution in [1.29, 1.82) is 0 Å². The molecule has 1 atom stereocenters. The minimum atomic E-state index is 0.639. The van der Waals surface area contributed by atoms with Gasteiger partial charge in [0.1, 0.15) is 0 Å². The van der Waals surface area contributed by atoms with Gasteiger partial charge in [0.05, 0.1) is 0 Å². The Balaban J connectivity index is 2.23. The summed E-state index contributed by atoms with van der Waals surface area (Å²) in [6.45, 7) is 11.8. The van der Waals surface area contributed by atoms with Crippen LogP contribution in [0.3, 0.4) is 0 Å². The van der Waals surface area contributed by atoms with Crippen LogP contribution >= 0.6 is 0 Å². The fourth-order valence-corrected chi connectivity index (χ4v) is 2.03. The summed E-state index contributed by atoms with van der Waals surface area (Å²) in [5, 5.41) is 3.55. The topological polar surface area (TPSA) is 15.3 Å². The van der Waals surface area contributed by atoms with E-state index in [1.54, 1.807) is 0 Å². The third-order valence-electron chi connectivity index (χ3n) is 3.20. The lowest BCUT2D eigenvalue weighted by Gasteiger charge is -2.33. The van der Waals surface area contributed by atoms with Crippen LogP contribution in [0, 0.1) is 5.92 Å². The summed E-state index contributed by atoms with van der Waals surface area (Å²) >= 11 is 0. The summed E-state index contributed by atoms with van der Waals surface area (Å²) in [7, 11) is 2.21. The molecule has 0 aliphatic carbocycles. The van der Waals surface area contributed by atoms with Crippen LogP contribution in [0.1, 0.15) is 26.7 Å². The highest BCUT2D eigenvalue weighted by Gasteiger charge is 2.21. The van der Waals surface area contributed by atoms with Gasteiger partial charge in [-0.3, -0.25) is 0 Å². The van der Waals surface area contributed by atoms with Crippen LogP contribution < -0.4 is 5.32 Å². The number of rotatable bonds is 4. The molecule has 0 spiro atoms. The molecule has 0 radical (unpaired) electrons. The van der Waals surface area contributed by atoms with E-state index in [9.17, 15) is 0 Å². The van der Waals surface area contributed by atoms with Crippen molar-refractivity contribution in [3.63, 3.8) is 0 Å². The average Bonchev–Trinajstić information content (AvgIpc) is 2.15. The summed E-state index contributed by atoms with van der Waals surface area (Å²) in [6, 6.07) is 0.639. The molecule has 1 aliphatic rings. The number of hydrogen-bond donors (Lipinski definition) is 1. The second-order valence-electron chi connectivity index (χ2n) is 4.77. The Kier molecular flexibility index (Phi) is 4.63. The molecule has 1 heterocycles. The molecule has 1 unspecified atom stereocenters. The van der Waals surface area contributed by atoms with Gasteiger partial charge in [-0.1, -0.05) is 12.2 Å². The van der Waals surface area contributed by atoms with Gasteiger partial charge in [0.15, 0.2) is 0 Å². The van der Waals surface area contributed by atoms with E-state index < -0.39 is 0 Å². The van der Waals surface area contributed by atoms with Crippen molar-refractivity contribution in [2.24, 2.45) is 5.92 Å². The highest BCUT2D eigenvalue weighted by molar-refractivity contribution is 4.92. The highest BCUT2D eigenvalue weighted by Crippen LogP contribution is 2.19. The zero-order valence-corrected chi connectivity index (χ0v) is 9.84. The molecule has 0 aromatic rings. The Labute approximate surface area is 88.4 Å². The van der Waals surface area contributed by atoms with Crippen molar-refractivity contribution in [1.82, 2.24) is 10.2 Å². The number of nitrogens with one attached hydrogen (secondary N) is 1. The van der Waals surface area contributed by atoms with Crippen molar-refractivity contribution < 1.29 is 0 Å². The van der Waals surface area contributed by atoms with Gasteiger partial charge in [0, 0.05) is 12.6 Å². The van der Waals surface area contributed by atoms with Crippen molar-refractivity contribution in [2.45, 2.75) is 32.7 Å². The van der Waals surface area contributed by atoms with Crippen LogP contribution in [-0.4, -0.2) is 37.6 Å². The fourth-order valence-electron chi connectivity index (χ4n) is 2.03. The lowest BCUT2D eigenvalue weighted by molar-refractivity contribution is 0.191. The first-order valence-corrected chi connectivity index (χ1v) is 5.66. The minimum Gasteiger partial charge on any atom is -0.310 e. The van der Waals surface area contributed by atoms with E-state index in [1.165, 1.54) is 31.5 Å². The van der Waals surface area contributed by atoms with Gasteiger partial charge in [0.25, 0.3) is 0 Å². The van der Waals surface area contributed by atoms with Gasteiger partial charge in [-0.05, 0) is 52.7 Å². The third-order valence-corrected chi connectivity index (χ3v) is 3.20. The molecule has 1 saturated heterocycles. The quantitative estimate of drug-likeness (QED) is 0.691. The van der Waals surface area contributed by atoms with Crippen molar-refractivity contribution in [3.05, 3.63) is 12.2 Å². The van der Waals surface area contributed by atoms with Crippen LogP contribution in [0.25, 0.3) is 0 Å². The van der Waals surface area contributed by atoms with E-state index in [-0.39, 0.29) is 0 Å². The normalized spacial score (nSPS) is 22.2. The zero-order chi connectivity index (χ0) is 10.6. The van der Waals surface area contributed by atoms with Crippen LogP contribution in [-0.2, 0) is 0 Å². The number of piperidine rings is 1. The van der Waals surface area contributed by atoms with Gasteiger partial charge >= 0.3 is 0 Å². The monoisotopic (exact) mass is 196 g/mol. The lowest BCUT2D eigenvalue weighted by atomic mass is 9.90. The minimum absolute atomic E-state index is 0.639. The Morgan fingerprint density at radius 2 is 2.07 bits per heavy atom. The second kappa shape index (κ2) is 5.52. The molecule has 0 aromatic heterocycles. The predicted molar refractivity (Wildman–Crippen MR) is 62.5 cm³/mol. The molecule has 0 aromatic carbocycles. The maximum atomic E-state index is 3.91. The Hall–Kier alpha value is -0.340. The Bertz CT molecular complexity index is 181. The molecule has 0 bridgehead atoms. The van der Waals surface area contributed by atoms with Crippen LogP contribution in [0.15, 0.2) is 12.2 Å². The summed E-state index contributed by atoms with van der Waals surface area (Å²) in [5.74, 6) is 0.852. The Morgan fingerprint density at radius 1 is 1.50 bits per heavy atom.